The van der Waals surface area contributed by atoms with E-state index >= 15 is 0 Å². The van der Waals surface area contributed by atoms with Crippen LogP contribution in [0.1, 0.15) is 24.2 Å². The van der Waals surface area contributed by atoms with Crippen molar-refractivity contribution in [2.75, 3.05) is 33.9 Å². The third-order valence-electron chi connectivity index (χ3n) is 5.76. The summed E-state index contributed by atoms with van der Waals surface area (Å²) < 4.78 is 16.6. The van der Waals surface area contributed by atoms with E-state index in [-0.39, 0.29) is 12.0 Å². The number of benzene rings is 2. The quantitative estimate of drug-likeness (QED) is 0.520. The molecule has 1 aliphatic heterocycles. The van der Waals surface area contributed by atoms with Gasteiger partial charge in [0.2, 0.25) is 5.91 Å². The van der Waals surface area contributed by atoms with E-state index in [2.05, 4.69) is 23.1 Å². The first-order valence-corrected chi connectivity index (χ1v) is 10.8. The Bertz CT molecular complexity index is 996. The van der Waals surface area contributed by atoms with Crippen molar-refractivity contribution in [1.29, 1.82) is 0 Å². The van der Waals surface area contributed by atoms with Crippen LogP contribution in [-0.4, -0.2) is 55.7 Å². The summed E-state index contributed by atoms with van der Waals surface area (Å²) in [7, 11) is 3.53. The van der Waals surface area contributed by atoms with Gasteiger partial charge in [0.15, 0.2) is 0 Å². The van der Waals surface area contributed by atoms with Crippen molar-refractivity contribution in [3.63, 3.8) is 0 Å². The number of ether oxygens (including phenoxy) is 2. The van der Waals surface area contributed by atoms with Crippen LogP contribution in [0.3, 0.4) is 0 Å². The van der Waals surface area contributed by atoms with Gasteiger partial charge in [0.25, 0.3) is 0 Å². The summed E-state index contributed by atoms with van der Waals surface area (Å²) in [6.45, 7) is 3.04. The van der Waals surface area contributed by atoms with Crippen LogP contribution in [0.4, 0.5) is 0 Å². The second-order valence-electron chi connectivity index (χ2n) is 8.18. The Morgan fingerprint density at radius 3 is 2.71 bits per heavy atom. The number of hydrogen-bond acceptors (Lipinski definition) is 5. The van der Waals surface area contributed by atoms with E-state index in [1.54, 1.807) is 18.3 Å². The number of amides is 1. The van der Waals surface area contributed by atoms with Gasteiger partial charge in [-0.25, -0.2) is 0 Å². The summed E-state index contributed by atoms with van der Waals surface area (Å²) in [5, 5.41) is 2.26. The third-order valence-corrected chi connectivity index (χ3v) is 5.76. The van der Waals surface area contributed by atoms with Crippen molar-refractivity contribution in [3.05, 3.63) is 66.1 Å². The molecular formula is C25H30N2O4. The molecule has 0 N–H and O–H groups in total. The molecule has 3 aromatic rings. The summed E-state index contributed by atoms with van der Waals surface area (Å²) in [6.07, 6.45) is 3.98. The number of furan rings is 1. The SMILES string of the molecule is COc1ccc2cc(CN(C)C(=O)CN(Cc3ccco3)CC3CCCO3)ccc2c1. The van der Waals surface area contributed by atoms with Crippen LogP contribution in [0, 0.1) is 0 Å². The molecule has 1 amide bonds. The second-order valence-corrected chi connectivity index (χ2v) is 8.18. The molecule has 0 saturated carbocycles. The highest BCUT2D eigenvalue weighted by atomic mass is 16.5. The molecule has 1 unspecified atom stereocenters. The minimum absolute atomic E-state index is 0.0828. The number of carbonyl (C=O) groups is 1. The average Bonchev–Trinajstić information content (AvgIpc) is 3.47. The van der Waals surface area contributed by atoms with Crippen molar-refractivity contribution in [1.82, 2.24) is 9.80 Å². The van der Waals surface area contributed by atoms with Gasteiger partial charge in [-0.15, -0.1) is 0 Å². The van der Waals surface area contributed by atoms with E-state index in [0.717, 1.165) is 53.8 Å². The molecule has 0 aliphatic carbocycles. The smallest absolute Gasteiger partial charge is 0.236 e. The molecule has 0 spiro atoms. The zero-order valence-corrected chi connectivity index (χ0v) is 18.3. The van der Waals surface area contributed by atoms with Gasteiger partial charge in [0, 0.05) is 26.7 Å². The van der Waals surface area contributed by atoms with Crippen LogP contribution in [0.5, 0.6) is 5.75 Å². The van der Waals surface area contributed by atoms with Crippen LogP contribution in [0.2, 0.25) is 0 Å². The molecule has 0 radical (unpaired) electrons. The number of nitrogens with zero attached hydrogens (tertiary/aromatic N) is 2. The Hall–Kier alpha value is -2.83. The monoisotopic (exact) mass is 422 g/mol. The van der Waals surface area contributed by atoms with Crippen molar-refractivity contribution in [3.8, 4) is 5.75 Å². The standard InChI is InChI=1S/C25H30N2O4/c1-26(15-19-7-8-21-14-22(29-2)10-9-20(21)13-19)25(28)18-27(16-23-5-3-11-30-23)17-24-6-4-12-31-24/h3,5,7-11,13-14,24H,4,6,12,15-18H2,1-2H3. The lowest BCUT2D eigenvalue weighted by Crippen LogP contribution is -2.41. The largest absolute Gasteiger partial charge is 0.497 e. The van der Waals surface area contributed by atoms with Gasteiger partial charge < -0.3 is 18.8 Å². The van der Waals surface area contributed by atoms with Crippen molar-refractivity contribution < 1.29 is 18.7 Å². The number of methoxy groups -OCH3 is 1. The Balaban J connectivity index is 1.39. The lowest BCUT2D eigenvalue weighted by molar-refractivity contribution is -0.132. The fourth-order valence-corrected chi connectivity index (χ4v) is 4.06. The molecule has 1 aromatic heterocycles. The van der Waals surface area contributed by atoms with Crippen molar-refractivity contribution >= 4 is 16.7 Å². The van der Waals surface area contributed by atoms with Crippen LogP contribution < -0.4 is 4.74 Å². The predicted octanol–water partition coefficient (Wildman–Crippen LogP) is 4.08. The molecule has 1 atom stereocenters. The van der Waals surface area contributed by atoms with E-state index in [4.69, 9.17) is 13.9 Å². The van der Waals surface area contributed by atoms with Crippen LogP contribution in [-0.2, 0) is 22.6 Å². The molecule has 1 saturated heterocycles. The van der Waals surface area contributed by atoms with Crippen molar-refractivity contribution in [2.45, 2.75) is 32.0 Å². The molecular weight excluding hydrogens is 392 g/mol. The molecule has 31 heavy (non-hydrogen) atoms. The van der Waals surface area contributed by atoms with E-state index in [1.165, 1.54) is 0 Å². The van der Waals surface area contributed by atoms with E-state index in [0.29, 0.717) is 19.6 Å². The van der Waals surface area contributed by atoms with Gasteiger partial charge >= 0.3 is 0 Å². The van der Waals surface area contributed by atoms with Gasteiger partial charge in [0.1, 0.15) is 11.5 Å². The average molecular weight is 423 g/mol. The Morgan fingerprint density at radius 1 is 1.13 bits per heavy atom. The predicted molar refractivity (Wildman–Crippen MR) is 120 cm³/mol. The topological polar surface area (TPSA) is 55.2 Å². The summed E-state index contributed by atoms with van der Waals surface area (Å²) in [5.74, 6) is 1.79. The Labute approximate surface area is 183 Å². The molecule has 2 heterocycles. The lowest BCUT2D eigenvalue weighted by atomic mass is 10.1. The van der Waals surface area contributed by atoms with Gasteiger partial charge in [-0.3, -0.25) is 9.69 Å². The number of rotatable bonds is 9. The van der Waals surface area contributed by atoms with Gasteiger partial charge in [0.05, 0.1) is 32.6 Å². The first-order valence-electron chi connectivity index (χ1n) is 10.8. The third kappa shape index (κ3) is 5.66. The summed E-state index contributed by atoms with van der Waals surface area (Å²) in [5.41, 5.74) is 1.10. The van der Waals surface area contributed by atoms with E-state index in [9.17, 15) is 4.79 Å². The lowest BCUT2D eigenvalue weighted by Gasteiger charge is -2.26. The normalized spacial score (nSPS) is 16.2. The summed E-state index contributed by atoms with van der Waals surface area (Å²) >= 11 is 0. The van der Waals surface area contributed by atoms with Gasteiger partial charge in [-0.05, 0) is 59.5 Å². The molecule has 2 aromatic carbocycles. The fourth-order valence-electron chi connectivity index (χ4n) is 4.06. The Morgan fingerprint density at radius 2 is 1.97 bits per heavy atom. The summed E-state index contributed by atoms with van der Waals surface area (Å²) in [6, 6.07) is 16.1. The number of likely N-dealkylation sites (N-methyl/N-ethyl adjacent to an activating group) is 1. The number of hydrogen-bond donors (Lipinski definition) is 0. The van der Waals surface area contributed by atoms with Crippen LogP contribution >= 0.6 is 0 Å². The summed E-state index contributed by atoms with van der Waals surface area (Å²) in [4.78, 5) is 16.9. The van der Waals surface area contributed by atoms with Gasteiger partial charge in [-0.2, -0.15) is 0 Å². The maximum atomic E-state index is 13.0. The van der Waals surface area contributed by atoms with E-state index in [1.807, 2.05) is 37.4 Å². The van der Waals surface area contributed by atoms with E-state index < -0.39 is 0 Å². The molecule has 164 valence electrons. The van der Waals surface area contributed by atoms with Crippen LogP contribution in [0.15, 0.2) is 59.2 Å². The first-order chi connectivity index (χ1) is 15.1. The molecule has 6 heteroatoms. The highest BCUT2D eigenvalue weighted by molar-refractivity contribution is 5.84. The number of fused-ring (bicyclic) bond motifs is 1. The van der Waals surface area contributed by atoms with Crippen molar-refractivity contribution in [2.24, 2.45) is 0 Å². The second kappa shape index (κ2) is 9.98. The molecule has 6 nitrogen and oxygen atoms in total. The van der Waals surface area contributed by atoms with Gasteiger partial charge in [-0.1, -0.05) is 18.2 Å². The maximum absolute atomic E-state index is 13.0. The number of carbonyl (C=O) groups excluding carboxylic acids is 1. The zero-order chi connectivity index (χ0) is 21.6. The highest BCUT2D eigenvalue weighted by Gasteiger charge is 2.23. The highest BCUT2D eigenvalue weighted by Crippen LogP contribution is 2.22. The maximum Gasteiger partial charge on any atom is 0.236 e. The Kier molecular flexibility index (Phi) is 6.89. The first kappa shape index (κ1) is 21.4. The molecule has 0 bridgehead atoms. The minimum Gasteiger partial charge on any atom is -0.497 e. The minimum atomic E-state index is 0.0828. The molecule has 4 rings (SSSR count). The molecule has 1 fully saturated rings. The fraction of sp³-hybridized carbons (Fsp3) is 0.400. The molecule has 1 aliphatic rings. The zero-order valence-electron chi connectivity index (χ0n) is 18.3. The van der Waals surface area contributed by atoms with Crippen LogP contribution in [0.25, 0.3) is 10.8 Å².